The van der Waals surface area contributed by atoms with Crippen molar-refractivity contribution >= 4 is 29.5 Å². The molecule has 2 aromatic carbocycles. The molecule has 5 nitrogen and oxygen atoms in total. The topological polar surface area (TPSA) is 62.6 Å². The van der Waals surface area contributed by atoms with E-state index < -0.39 is 0 Å². The molecule has 2 heterocycles. The molecule has 0 bridgehead atoms. The van der Waals surface area contributed by atoms with Crippen LogP contribution < -0.4 is 5.32 Å². The third-order valence-corrected chi connectivity index (χ3v) is 5.97. The van der Waals surface area contributed by atoms with E-state index in [9.17, 15) is 9.59 Å². The number of carbonyl (C=O) groups is 2. The van der Waals surface area contributed by atoms with Crippen molar-refractivity contribution in [3.63, 3.8) is 0 Å². The summed E-state index contributed by atoms with van der Waals surface area (Å²) in [4.78, 5) is 27.9. The highest BCUT2D eigenvalue weighted by molar-refractivity contribution is 6.33. The van der Waals surface area contributed by atoms with Gasteiger partial charge in [-0.2, -0.15) is 0 Å². The van der Waals surface area contributed by atoms with Crippen LogP contribution in [0.4, 0.5) is 0 Å². The Kier molecular flexibility index (Phi) is 6.76. The summed E-state index contributed by atoms with van der Waals surface area (Å²) in [5.41, 5.74) is 1.43. The molecular weight excluding hydrogens is 424 g/mol. The number of hydrogen-bond acceptors (Lipinski definition) is 3. The van der Waals surface area contributed by atoms with Gasteiger partial charge in [-0.05, 0) is 55.2 Å². The maximum Gasteiger partial charge on any atom is 0.270 e. The Morgan fingerprint density at radius 3 is 2.41 bits per heavy atom. The van der Waals surface area contributed by atoms with Gasteiger partial charge < -0.3 is 14.6 Å². The number of piperidine rings is 1. The minimum atomic E-state index is -0.339. The van der Waals surface area contributed by atoms with Crippen LogP contribution in [-0.4, -0.2) is 29.8 Å². The van der Waals surface area contributed by atoms with Crippen molar-refractivity contribution in [2.24, 2.45) is 5.92 Å². The first kappa shape index (κ1) is 21.9. The molecule has 0 atom stereocenters. The summed E-state index contributed by atoms with van der Waals surface area (Å²) in [6.45, 7) is 3.53. The molecule has 0 aliphatic carbocycles. The molecule has 0 unspecified atom stereocenters. The van der Waals surface area contributed by atoms with Crippen molar-refractivity contribution in [2.45, 2.75) is 19.8 Å². The highest BCUT2D eigenvalue weighted by atomic mass is 35.5. The van der Waals surface area contributed by atoms with Crippen molar-refractivity contribution < 1.29 is 14.0 Å². The van der Waals surface area contributed by atoms with Crippen molar-refractivity contribution in [1.82, 2.24) is 10.2 Å². The van der Waals surface area contributed by atoms with Crippen LogP contribution in [0, 0.1) is 5.92 Å². The van der Waals surface area contributed by atoms with Gasteiger partial charge in [-0.3, -0.25) is 9.59 Å². The fourth-order valence-electron chi connectivity index (χ4n) is 3.70. The van der Waals surface area contributed by atoms with Crippen LogP contribution in [0.25, 0.3) is 17.4 Å². The van der Waals surface area contributed by atoms with Crippen LogP contribution >= 0.6 is 11.6 Å². The summed E-state index contributed by atoms with van der Waals surface area (Å²) in [5.74, 6) is 1.09. The molecule has 4 rings (SSSR count). The highest BCUT2D eigenvalue weighted by Crippen LogP contribution is 2.29. The molecule has 0 spiro atoms. The van der Waals surface area contributed by atoms with E-state index >= 15 is 0 Å². The molecular formula is C26H25ClN2O3. The van der Waals surface area contributed by atoms with Crippen LogP contribution in [-0.2, 0) is 4.79 Å². The van der Waals surface area contributed by atoms with Gasteiger partial charge in [-0.25, -0.2) is 0 Å². The molecule has 3 aromatic rings. The zero-order chi connectivity index (χ0) is 22.5. The molecule has 1 fully saturated rings. The lowest BCUT2D eigenvalue weighted by Crippen LogP contribution is -2.42. The Hall–Kier alpha value is -3.31. The van der Waals surface area contributed by atoms with E-state index in [1.165, 1.54) is 0 Å². The lowest BCUT2D eigenvalue weighted by Gasteiger charge is -2.31. The van der Waals surface area contributed by atoms with Gasteiger partial charge in [0.1, 0.15) is 17.2 Å². The molecule has 164 valence electrons. The SMILES string of the molecule is CC1CCN(C(=O)/C(=C/c2ccc(-c3ccccc3Cl)o2)NC(=O)c2ccccc2)CC1. The van der Waals surface area contributed by atoms with Gasteiger partial charge in [0.2, 0.25) is 0 Å². The molecule has 32 heavy (non-hydrogen) atoms. The Balaban J connectivity index is 1.62. The normalized spacial score (nSPS) is 14.9. The summed E-state index contributed by atoms with van der Waals surface area (Å²) in [7, 11) is 0. The van der Waals surface area contributed by atoms with Crippen molar-refractivity contribution in [3.05, 3.63) is 88.8 Å². The highest BCUT2D eigenvalue weighted by Gasteiger charge is 2.25. The number of carbonyl (C=O) groups excluding carboxylic acids is 2. The third kappa shape index (κ3) is 5.11. The second-order valence-corrected chi connectivity index (χ2v) is 8.44. The Morgan fingerprint density at radius 2 is 1.69 bits per heavy atom. The maximum atomic E-state index is 13.3. The monoisotopic (exact) mass is 448 g/mol. The lowest BCUT2D eigenvalue weighted by molar-refractivity contribution is -0.128. The number of halogens is 1. The van der Waals surface area contributed by atoms with E-state index in [0.29, 0.717) is 41.1 Å². The summed E-state index contributed by atoms with van der Waals surface area (Å²) in [6.07, 6.45) is 3.48. The second-order valence-electron chi connectivity index (χ2n) is 8.03. The van der Waals surface area contributed by atoms with Gasteiger partial charge in [0.05, 0.1) is 5.02 Å². The second kappa shape index (κ2) is 9.88. The van der Waals surface area contributed by atoms with Crippen LogP contribution in [0.3, 0.4) is 0 Å². The molecule has 0 radical (unpaired) electrons. The summed E-state index contributed by atoms with van der Waals surface area (Å²) in [6, 6.07) is 19.8. The fraction of sp³-hybridized carbons (Fsp3) is 0.231. The number of furan rings is 1. The van der Waals surface area contributed by atoms with Gasteiger partial charge >= 0.3 is 0 Å². The van der Waals surface area contributed by atoms with E-state index in [4.69, 9.17) is 16.0 Å². The summed E-state index contributed by atoms with van der Waals surface area (Å²) < 4.78 is 5.94. The van der Waals surface area contributed by atoms with Gasteiger partial charge in [-0.1, -0.05) is 48.9 Å². The smallest absolute Gasteiger partial charge is 0.270 e. The van der Waals surface area contributed by atoms with Crippen molar-refractivity contribution in [3.8, 4) is 11.3 Å². The minimum absolute atomic E-state index is 0.188. The van der Waals surface area contributed by atoms with Crippen molar-refractivity contribution in [2.75, 3.05) is 13.1 Å². The predicted molar refractivity (Wildman–Crippen MR) is 126 cm³/mol. The molecule has 1 aromatic heterocycles. The number of nitrogens with one attached hydrogen (secondary N) is 1. The Morgan fingerprint density at radius 1 is 1.00 bits per heavy atom. The Labute approximate surface area is 192 Å². The van der Waals surface area contributed by atoms with E-state index in [-0.39, 0.29) is 17.5 Å². The molecule has 1 aliphatic rings. The summed E-state index contributed by atoms with van der Waals surface area (Å²) in [5, 5.41) is 3.37. The number of benzene rings is 2. The van der Waals surface area contributed by atoms with Gasteiger partial charge in [0.25, 0.3) is 11.8 Å². The summed E-state index contributed by atoms with van der Waals surface area (Å²) >= 11 is 6.28. The number of likely N-dealkylation sites (tertiary alicyclic amines) is 1. The lowest BCUT2D eigenvalue weighted by atomic mass is 9.99. The predicted octanol–water partition coefficient (Wildman–Crippen LogP) is 5.63. The van der Waals surface area contributed by atoms with E-state index in [2.05, 4.69) is 12.2 Å². The van der Waals surface area contributed by atoms with Crippen molar-refractivity contribution in [1.29, 1.82) is 0 Å². The van der Waals surface area contributed by atoms with E-state index in [1.807, 2.05) is 24.3 Å². The fourth-order valence-corrected chi connectivity index (χ4v) is 3.92. The van der Waals surface area contributed by atoms with Gasteiger partial charge in [0.15, 0.2) is 0 Å². The molecule has 0 saturated carbocycles. The standard InChI is InChI=1S/C26H25ClN2O3/c1-18-13-15-29(16-14-18)26(31)23(28-25(30)19-7-3-2-4-8-19)17-20-11-12-24(32-20)21-9-5-6-10-22(21)27/h2-12,17-18H,13-16H2,1H3,(H,28,30)/b23-17-. The van der Waals surface area contributed by atoms with E-state index in [1.54, 1.807) is 53.4 Å². The Bertz CT molecular complexity index is 1130. The van der Waals surface area contributed by atoms with Crippen LogP contribution in [0.2, 0.25) is 5.02 Å². The van der Waals surface area contributed by atoms with Crippen LogP contribution in [0.5, 0.6) is 0 Å². The van der Waals surface area contributed by atoms with Gasteiger partial charge in [-0.15, -0.1) is 0 Å². The largest absolute Gasteiger partial charge is 0.457 e. The number of amides is 2. The average Bonchev–Trinajstić information content (AvgIpc) is 3.28. The molecule has 1 aliphatic heterocycles. The number of rotatable bonds is 5. The molecule has 1 saturated heterocycles. The van der Waals surface area contributed by atoms with E-state index in [0.717, 1.165) is 18.4 Å². The maximum absolute atomic E-state index is 13.3. The number of nitrogens with zero attached hydrogens (tertiary/aromatic N) is 1. The quantitative estimate of drug-likeness (QED) is 0.514. The number of hydrogen-bond donors (Lipinski definition) is 1. The third-order valence-electron chi connectivity index (χ3n) is 5.64. The zero-order valence-electron chi connectivity index (χ0n) is 17.9. The first-order valence-corrected chi connectivity index (χ1v) is 11.1. The first-order valence-electron chi connectivity index (χ1n) is 10.7. The minimum Gasteiger partial charge on any atom is -0.457 e. The van der Waals surface area contributed by atoms with Gasteiger partial charge in [0, 0.05) is 30.3 Å². The van der Waals surface area contributed by atoms with Crippen LogP contribution in [0.15, 0.2) is 76.8 Å². The van der Waals surface area contributed by atoms with Crippen LogP contribution in [0.1, 0.15) is 35.9 Å². The molecule has 2 amide bonds. The first-order chi connectivity index (χ1) is 15.5. The average molecular weight is 449 g/mol. The molecule has 1 N–H and O–H groups in total. The zero-order valence-corrected chi connectivity index (χ0v) is 18.6. The molecule has 6 heteroatoms.